The van der Waals surface area contributed by atoms with E-state index in [0.29, 0.717) is 6.61 Å². The number of nitrogens with zero attached hydrogens (tertiary/aromatic N) is 1. The van der Waals surface area contributed by atoms with Crippen LogP contribution in [0.4, 0.5) is 0 Å². The second kappa shape index (κ2) is 7.77. The molecule has 1 aromatic rings. The number of hydrogen-bond acceptors (Lipinski definition) is 3. The minimum atomic E-state index is -0.368. The Kier molecular flexibility index (Phi) is 6.02. The van der Waals surface area contributed by atoms with E-state index in [-0.39, 0.29) is 12.2 Å². The van der Waals surface area contributed by atoms with E-state index in [4.69, 9.17) is 4.74 Å². The molecular weight excluding hydrogens is 250 g/mol. The lowest BCUT2D eigenvalue weighted by Crippen LogP contribution is -2.34. The Balaban J connectivity index is 1.70. The van der Waals surface area contributed by atoms with E-state index in [1.54, 1.807) is 0 Å². The second-order valence-corrected chi connectivity index (χ2v) is 6.14. The molecule has 2 atom stereocenters. The van der Waals surface area contributed by atoms with Gasteiger partial charge in [0.2, 0.25) is 0 Å². The van der Waals surface area contributed by atoms with E-state index < -0.39 is 0 Å². The molecule has 1 heterocycles. The molecule has 3 heteroatoms. The van der Waals surface area contributed by atoms with Crippen molar-refractivity contribution >= 4 is 0 Å². The van der Waals surface area contributed by atoms with Crippen LogP contribution in [0.15, 0.2) is 30.3 Å². The van der Waals surface area contributed by atoms with E-state index in [1.807, 2.05) is 13.8 Å². The molecular formula is C17H27NO2. The van der Waals surface area contributed by atoms with Gasteiger partial charge in [0.25, 0.3) is 0 Å². The number of rotatable bonds is 7. The molecule has 0 radical (unpaired) electrons. The SMILES string of the molecule is CC(C)OCC(O)CN1CCC(Cc2ccccc2)C1. The Morgan fingerprint density at radius 3 is 2.75 bits per heavy atom. The minimum Gasteiger partial charge on any atom is -0.389 e. The van der Waals surface area contributed by atoms with Crippen LogP contribution in [-0.4, -0.2) is 48.5 Å². The normalized spacial score (nSPS) is 21.5. The molecule has 1 N–H and O–H groups in total. The summed E-state index contributed by atoms with van der Waals surface area (Å²) < 4.78 is 5.46. The first-order valence-corrected chi connectivity index (χ1v) is 7.69. The van der Waals surface area contributed by atoms with Gasteiger partial charge in [-0.1, -0.05) is 30.3 Å². The molecule has 1 saturated heterocycles. The fourth-order valence-electron chi connectivity index (χ4n) is 2.85. The van der Waals surface area contributed by atoms with Gasteiger partial charge in [-0.15, -0.1) is 0 Å². The van der Waals surface area contributed by atoms with Gasteiger partial charge < -0.3 is 14.7 Å². The lowest BCUT2D eigenvalue weighted by atomic mass is 9.99. The predicted molar refractivity (Wildman–Crippen MR) is 81.8 cm³/mol. The van der Waals surface area contributed by atoms with Crippen LogP contribution < -0.4 is 0 Å². The monoisotopic (exact) mass is 277 g/mol. The van der Waals surface area contributed by atoms with Gasteiger partial charge in [-0.05, 0) is 44.7 Å². The number of aliphatic hydroxyl groups excluding tert-OH is 1. The quantitative estimate of drug-likeness (QED) is 0.830. The number of benzene rings is 1. The molecule has 3 nitrogen and oxygen atoms in total. The summed E-state index contributed by atoms with van der Waals surface area (Å²) in [6, 6.07) is 10.7. The van der Waals surface area contributed by atoms with Crippen LogP contribution in [0, 0.1) is 5.92 Å². The first kappa shape index (κ1) is 15.5. The van der Waals surface area contributed by atoms with Crippen molar-refractivity contribution in [3.63, 3.8) is 0 Å². The van der Waals surface area contributed by atoms with E-state index in [0.717, 1.165) is 32.0 Å². The number of aliphatic hydroxyl groups is 1. The molecule has 1 aliphatic rings. The summed E-state index contributed by atoms with van der Waals surface area (Å²) in [5.74, 6) is 0.718. The maximum Gasteiger partial charge on any atom is 0.0900 e. The largest absolute Gasteiger partial charge is 0.389 e. The Labute approximate surface area is 122 Å². The smallest absolute Gasteiger partial charge is 0.0900 e. The van der Waals surface area contributed by atoms with Crippen LogP contribution in [0.25, 0.3) is 0 Å². The van der Waals surface area contributed by atoms with Crippen molar-refractivity contribution in [3.8, 4) is 0 Å². The lowest BCUT2D eigenvalue weighted by molar-refractivity contribution is -0.00617. The topological polar surface area (TPSA) is 32.7 Å². The van der Waals surface area contributed by atoms with Crippen LogP contribution in [-0.2, 0) is 11.2 Å². The van der Waals surface area contributed by atoms with E-state index in [2.05, 4.69) is 35.2 Å². The zero-order valence-corrected chi connectivity index (χ0v) is 12.7. The molecule has 1 aliphatic heterocycles. The number of β-amino-alcohol motifs (C(OH)–C–C–N with tert-alkyl or cyclic N) is 1. The highest BCUT2D eigenvalue weighted by atomic mass is 16.5. The molecule has 1 fully saturated rings. The van der Waals surface area contributed by atoms with Gasteiger partial charge in [-0.2, -0.15) is 0 Å². The average Bonchev–Trinajstić information content (AvgIpc) is 2.85. The molecule has 0 aliphatic carbocycles. The molecule has 0 amide bonds. The van der Waals surface area contributed by atoms with Crippen molar-refractivity contribution in [2.75, 3.05) is 26.2 Å². The third-order valence-corrected chi connectivity index (χ3v) is 3.83. The third-order valence-electron chi connectivity index (χ3n) is 3.83. The lowest BCUT2D eigenvalue weighted by Gasteiger charge is -2.21. The fourth-order valence-corrected chi connectivity index (χ4v) is 2.85. The van der Waals surface area contributed by atoms with Crippen LogP contribution in [0.1, 0.15) is 25.8 Å². The Morgan fingerprint density at radius 1 is 1.30 bits per heavy atom. The molecule has 2 rings (SSSR count). The minimum absolute atomic E-state index is 0.189. The summed E-state index contributed by atoms with van der Waals surface area (Å²) in [6.07, 6.45) is 2.20. The predicted octanol–water partition coefficient (Wildman–Crippen LogP) is 2.34. The molecule has 0 saturated carbocycles. The molecule has 112 valence electrons. The van der Waals surface area contributed by atoms with Gasteiger partial charge in [0.15, 0.2) is 0 Å². The Hall–Kier alpha value is -0.900. The summed E-state index contributed by atoms with van der Waals surface area (Å²) in [4.78, 5) is 2.36. The van der Waals surface area contributed by atoms with Crippen molar-refractivity contribution in [1.29, 1.82) is 0 Å². The standard InChI is InChI=1S/C17H27NO2/c1-14(2)20-13-17(19)12-18-9-8-16(11-18)10-15-6-4-3-5-7-15/h3-7,14,16-17,19H,8-13H2,1-2H3. The molecule has 0 spiro atoms. The third kappa shape index (κ3) is 5.23. The number of hydrogen-bond donors (Lipinski definition) is 1. The van der Waals surface area contributed by atoms with Gasteiger partial charge in [0.05, 0.1) is 18.8 Å². The molecule has 1 aromatic carbocycles. The van der Waals surface area contributed by atoms with Crippen molar-refractivity contribution in [2.24, 2.45) is 5.92 Å². The van der Waals surface area contributed by atoms with Gasteiger partial charge in [0.1, 0.15) is 0 Å². The average molecular weight is 277 g/mol. The van der Waals surface area contributed by atoms with Crippen LogP contribution in [0.5, 0.6) is 0 Å². The first-order chi connectivity index (χ1) is 9.63. The fraction of sp³-hybridized carbons (Fsp3) is 0.647. The summed E-state index contributed by atoms with van der Waals surface area (Å²) in [7, 11) is 0. The molecule has 2 unspecified atom stereocenters. The van der Waals surface area contributed by atoms with Gasteiger partial charge in [0, 0.05) is 13.1 Å². The molecule has 0 bridgehead atoms. The highest BCUT2D eigenvalue weighted by molar-refractivity contribution is 5.15. The number of likely N-dealkylation sites (tertiary alicyclic amines) is 1. The van der Waals surface area contributed by atoms with Gasteiger partial charge >= 0.3 is 0 Å². The zero-order valence-electron chi connectivity index (χ0n) is 12.7. The van der Waals surface area contributed by atoms with Gasteiger partial charge in [-0.25, -0.2) is 0 Å². The summed E-state index contributed by atoms with van der Waals surface area (Å²) in [5, 5.41) is 9.97. The van der Waals surface area contributed by atoms with Crippen molar-refractivity contribution in [2.45, 2.75) is 38.9 Å². The maximum atomic E-state index is 9.97. The van der Waals surface area contributed by atoms with Crippen LogP contribution >= 0.6 is 0 Å². The van der Waals surface area contributed by atoms with Crippen molar-refractivity contribution < 1.29 is 9.84 Å². The first-order valence-electron chi connectivity index (χ1n) is 7.69. The van der Waals surface area contributed by atoms with Crippen molar-refractivity contribution in [3.05, 3.63) is 35.9 Å². The zero-order chi connectivity index (χ0) is 14.4. The van der Waals surface area contributed by atoms with E-state index in [9.17, 15) is 5.11 Å². The molecule has 20 heavy (non-hydrogen) atoms. The summed E-state index contributed by atoms with van der Waals surface area (Å²) >= 11 is 0. The Bertz CT molecular complexity index is 380. The highest BCUT2D eigenvalue weighted by Gasteiger charge is 2.24. The second-order valence-electron chi connectivity index (χ2n) is 6.14. The molecule has 0 aromatic heterocycles. The van der Waals surface area contributed by atoms with Crippen LogP contribution in [0.3, 0.4) is 0 Å². The van der Waals surface area contributed by atoms with Gasteiger partial charge in [-0.3, -0.25) is 0 Å². The van der Waals surface area contributed by atoms with E-state index in [1.165, 1.54) is 12.0 Å². The maximum absolute atomic E-state index is 9.97. The van der Waals surface area contributed by atoms with Crippen molar-refractivity contribution in [1.82, 2.24) is 4.90 Å². The summed E-state index contributed by atoms with van der Waals surface area (Å²) in [5.41, 5.74) is 1.42. The van der Waals surface area contributed by atoms with Crippen LogP contribution in [0.2, 0.25) is 0 Å². The number of ether oxygens (including phenoxy) is 1. The summed E-state index contributed by atoms with van der Waals surface area (Å²) in [6.45, 7) is 7.36. The van der Waals surface area contributed by atoms with E-state index >= 15 is 0 Å². The Morgan fingerprint density at radius 2 is 2.05 bits per heavy atom. The highest BCUT2D eigenvalue weighted by Crippen LogP contribution is 2.20.